The molecule has 0 unspecified atom stereocenters. The summed E-state index contributed by atoms with van der Waals surface area (Å²) >= 11 is 14.2. The van der Waals surface area contributed by atoms with Crippen molar-refractivity contribution in [1.29, 1.82) is 0 Å². The lowest BCUT2D eigenvalue weighted by Gasteiger charge is -2.11. The van der Waals surface area contributed by atoms with Gasteiger partial charge in [-0.1, -0.05) is 41.4 Å². The summed E-state index contributed by atoms with van der Waals surface area (Å²) in [5, 5.41) is 11.8. The van der Waals surface area contributed by atoms with E-state index in [1.54, 1.807) is 24.3 Å². The molecule has 1 heterocycles. The highest BCUT2D eigenvalue weighted by Crippen LogP contribution is 2.34. The van der Waals surface area contributed by atoms with E-state index >= 15 is 0 Å². The molecule has 5 nitrogen and oxygen atoms in total. The van der Waals surface area contributed by atoms with Gasteiger partial charge in [0.15, 0.2) is 11.5 Å². The van der Waals surface area contributed by atoms with Gasteiger partial charge in [0.05, 0.1) is 11.1 Å². The Kier molecular flexibility index (Phi) is 6.60. The Hall–Kier alpha value is -2.42. The smallest absolute Gasteiger partial charge is 0.289 e. The summed E-state index contributed by atoms with van der Waals surface area (Å²) in [4.78, 5) is 12.6. The molecule has 0 aliphatic carbocycles. The molecule has 0 spiro atoms. The van der Waals surface area contributed by atoms with Crippen molar-refractivity contribution in [2.75, 3.05) is 0 Å². The second-order valence-electron chi connectivity index (χ2n) is 6.67. The largest absolute Gasteiger partial charge is 0.504 e. The number of benzene rings is 3. The predicted octanol–water partition coefficient (Wildman–Crippen LogP) is 6.57. The van der Waals surface area contributed by atoms with Gasteiger partial charge in [-0.05, 0) is 70.1 Å². The first-order chi connectivity index (χ1) is 14.9. The summed E-state index contributed by atoms with van der Waals surface area (Å²) in [5.74, 6) is -0.0783. The van der Waals surface area contributed by atoms with E-state index in [4.69, 9.17) is 37.1 Å². The van der Waals surface area contributed by atoms with Crippen LogP contribution in [0.25, 0.3) is 11.0 Å². The zero-order valence-electron chi connectivity index (χ0n) is 15.9. The first kappa shape index (κ1) is 21.8. The number of phenolic OH excluding ortho intramolecular Hbond substituents is 1. The van der Waals surface area contributed by atoms with Crippen molar-refractivity contribution < 1.29 is 19.0 Å². The molecule has 158 valence electrons. The molecule has 4 aromatic rings. The summed E-state index contributed by atoms with van der Waals surface area (Å²) in [7, 11) is 0. The van der Waals surface area contributed by atoms with Gasteiger partial charge in [0.25, 0.3) is 5.95 Å². The molecular weight excluding hydrogens is 554 g/mol. The van der Waals surface area contributed by atoms with Crippen LogP contribution in [0, 0.1) is 3.57 Å². The van der Waals surface area contributed by atoms with E-state index in [0.29, 0.717) is 10.0 Å². The van der Waals surface area contributed by atoms with Crippen LogP contribution >= 0.6 is 45.8 Å². The summed E-state index contributed by atoms with van der Waals surface area (Å²) in [6.45, 7) is 0.364. The number of halogens is 3. The Morgan fingerprint density at radius 1 is 0.935 bits per heavy atom. The van der Waals surface area contributed by atoms with E-state index in [-0.39, 0.29) is 41.6 Å². The lowest BCUT2D eigenvalue weighted by atomic mass is 10.2. The van der Waals surface area contributed by atoms with Crippen molar-refractivity contribution in [1.82, 2.24) is 0 Å². The SMILES string of the molecule is O=c1cc(OCc2ccc(I)c(Cl)c2)oc2ccc(OCc3cccc(Cl)c3)c(O)c12. The zero-order valence-corrected chi connectivity index (χ0v) is 19.6. The second kappa shape index (κ2) is 9.38. The Morgan fingerprint density at radius 3 is 2.48 bits per heavy atom. The lowest BCUT2D eigenvalue weighted by molar-refractivity contribution is 0.235. The van der Waals surface area contributed by atoms with Crippen LogP contribution < -0.4 is 14.9 Å². The quantitative estimate of drug-likeness (QED) is 0.266. The first-order valence-corrected chi connectivity index (χ1v) is 11.0. The van der Waals surface area contributed by atoms with Crippen molar-refractivity contribution >= 4 is 56.8 Å². The Morgan fingerprint density at radius 2 is 1.71 bits per heavy atom. The molecule has 0 amide bonds. The second-order valence-corrected chi connectivity index (χ2v) is 8.68. The van der Waals surface area contributed by atoms with Gasteiger partial charge in [-0.25, -0.2) is 0 Å². The molecule has 0 aliphatic heterocycles. The fraction of sp³-hybridized carbons (Fsp3) is 0.0870. The number of ether oxygens (including phenoxy) is 2. The van der Waals surface area contributed by atoms with E-state index in [1.165, 1.54) is 12.1 Å². The van der Waals surface area contributed by atoms with Crippen LogP contribution in [0.2, 0.25) is 10.0 Å². The van der Waals surface area contributed by atoms with Gasteiger partial charge in [0.1, 0.15) is 24.2 Å². The molecule has 0 bridgehead atoms. The third kappa shape index (κ3) is 5.08. The van der Waals surface area contributed by atoms with Crippen LogP contribution in [0.15, 0.2) is 69.9 Å². The molecule has 0 atom stereocenters. The van der Waals surface area contributed by atoms with Gasteiger partial charge in [0, 0.05) is 8.59 Å². The molecule has 1 aromatic heterocycles. The average Bonchev–Trinajstić information content (AvgIpc) is 2.74. The number of phenols is 1. The third-order valence-electron chi connectivity index (χ3n) is 4.46. The van der Waals surface area contributed by atoms with Gasteiger partial charge in [-0.2, -0.15) is 0 Å². The lowest BCUT2D eigenvalue weighted by Crippen LogP contribution is -2.04. The maximum absolute atomic E-state index is 12.6. The van der Waals surface area contributed by atoms with Crippen molar-refractivity contribution in [3.63, 3.8) is 0 Å². The van der Waals surface area contributed by atoms with E-state index in [1.807, 2.05) is 24.3 Å². The van der Waals surface area contributed by atoms with E-state index < -0.39 is 5.43 Å². The molecular formula is C23H15Cl2IO5. The van der Waals surface area contributed by atoms with E-state index in [0.717, 1.165) is 14.7 Å². The standard InChI is InChI=1S/C23H15Cl2IO5/c24-15-3-1-2-13(8-15)11-29-20-7-6-19-22(23(20)28)18(27)10-21(31-19)30-12-14-4-5-17(26)16(25)9-14/h1-10,28H,11-12H2. The minimum atomic E-state index is -0.442. The van der Waals surface area contributed by atoms with Crippen molar-refractivity contribution in [2.45, 2.75) is 13.2 Å². The molecule has 0 fully saturated rings. The average molecular weight is 569 g/mol. The topological polar surface area (TPSA) is 68.9 Å². The Bertz CT molecular complexity index is 1320. The molecule has 31 heavy (non-hydrogen) atoms. The van der Waals surface area contributed by atoms with Crippen LogP contribution in [0.1, 0.15) is 11.1 Å². The molecule has 0 saturated heterocycles. The molecule has 0 radical (unpaired) electrons. The van der Waals surface area contributed by atoms with Crippen LogP contribution in [0.4, 0.5) is 0 Å². The Balaban J connectivity index is 1.54. The van der Waals surface area contributed by atoms with E-state index in [2.05, 4.69) is 22.6 Å². The third-order valence-corrected chi connectivity index (χ3v) is 6.26. The number of fused-ring (bicyclic) bond motifs is 1. The van der Waals surface area contributed by atoms with Crippen molar-refractivity contribution in [3.05, 3.63) is 95.6 Å². The zero-order chi connectivity index (χ0) is 22.0. The van der Waals surface area contributed by atoms with Crippen LogP contribution in [0.3, 0.4) is 0 Å². The normalized spacial score (nSPS) is 10.9. The summed E-state index contributed by atoms with van der Waals surface area (Å²) < 4.78 is 17.9. The maximum atomic E-state index is 12.6. The van der Waals surface area contributed by atoms with Gasteiger partial charge >= 0.3 is 0 Å². The minimum Gasteiger partial charge on any atom is -0.504 e. The van der Waals surface area contributed by atoms with Gasteiger partial charge in [-0.3, -0.25) is 4.79 Å². The molecule has 0 saturated carbocycles. The summed E-state index contributed by atoms with van der Waals surface area (Å²) in [6.07, 6.45) is 0. The number of hydrogen-bond acceptors (Lipinski definition) is 5. The van der Waals surface area contributed by atoms with Gasteiger partial charge in [0.2, 0.25) is 5.43 Å². The maximum Gasteiger partial charge on any atom is 0.289 e. The molecule has 3 aromatic carbocycles. The van der Waals surface area contributed by atoms with Gasteiger partial charge in [-0.15, -0.1) is 0 Å². The molecule has 4 rings (SSSR count). The van der Waals surface area contributed by atoms with E-state index in [9.17, 15) is 9.90 Å². The predicted molar refractivity (Wildman–Crippen MR) is 128 cm³/mol. The van der Waals surface area contributed by atoms with Crippen molar-refractivity contribution in [2.24, 2.45) is 0 Å². The highest BCUT2D eigenvalue weighted by molar-refractivity contribution is 14.1. The highest BCUT2D eigenvalue weighted by atomic mass is 127. The van der Waals surface area contributed by atoms with Crippen molar-refractivity contribution in [3.8, 4) is 17.4 Å². The van der Waals surface area contributed by atoms with Crippen LogP contribution in [0.5, 0.6) is 17.4 Å². The molecule has 0 aliphatic rings. The van der Waals surface area contributed by atoms with Crippen LogP contribution in [-0.2, 0) is 13.2 Å². The number of rotatable bonds is 6. The minimum absolute atomic E-state index is 0.0215. The van der Waals surface area contributed by atoms with Gasteiger partial charge < -0.3 is 19.0 Å². The number of aromatic hydroxyl groups is 1. The molecule has 8 heteroatoms. The van der Waals surface area contributed by atoms with Crippen LogP contribution in [-0.4, -0.2) is 5.11 Å². The number of hydrogen-bond donors (Lipinski definition) is 1. The fourth-order valence-electron chi connectivity index (χ4n) is 2.95. The summed E-state index contributed by atoms with van der Waals surface area (Å²) in [5.41, 5.74) is 1.41. The molecule has 1 N–H and O–H groups in total. The Labute approximate surface area is 201 Å². The monoisotopic (exact) mass is 568 g/mol. The summed E-state index contributed by atoms with van der Waals surface area (Å²) in [6, 6.07) is 17.0. The first-order valence-electron chi connectivity index (χ1n) is 9.14. The highest BCUT2D eigenvalue weighted by Gasteiger charge is 2.15. The fourth-order valence-corrected chi connectivity index (χ4v) is 3.70.